The second-order valence-corrected chi connectivity index (χ2v) is 9.06. The van der Waals surface area contributed by atoms with Crippen LogP contribution in [0, 0.1) is 12.8 Å². The van der Waals surface area contributed by atoms with Gasteiger partial charge in [0.25, 0.3) is 5.91 Å². The summed E-state index contributed by atoms with van der Waals surface area (Å²) in [5, 5.41) is 14.5. The molecule has 2 amide bonds. The Morgan fingerprint density at radius 2 is 1.79 bits per heavy atom. The lowest BCUT2D eigenvalue weighted by Gasteiger charge is -2.18. The first kappa shape index (κ1) is 30.9. The Morgan fingerprint density at radius 3 is 2.33 bits per heavy atom. The second-order valence-electron chi connectivity index (χ2n) is 9.06. The first-order chi connectivity index (χ1) is 18.2. The van der Waals surface area contributed by atoms with Gasteiger partial charge in [-0.2, -0.15) is 13.2 Å². The maximum Gasteiger partial charge on any atom is 0.416 e. The van der Waals surface area contributed by atoms with E-state index in [0.717, 1.165) is 12.1 Å². The number of nitrogens with zero attached hydrogens (tertiary/aromatic N) is 2. The quantitative estimate of drug-likeness (QED) is 0.151. The van der Waals surface area contributed by atoms with E-state index in [1.165, 1.54) is 31.2 Å². The minimum atomic E-state index is -4.48. The third-order valence-electron chi connectivity index (χ3n) is 5.28. The zero-order valence-electron chi connectivity index (χ0n) is 21.6. The SMILES string of the molecule is Cc1oc(C(CC(C)C)NC(=O)Cc2ccc(C(F)(F)F)cc2)nc1C(=O)NC(/C=C/CN=C(N)N)C(=O)O. The first-order valence-corrected chi connectivity index (χ1v) is 11.9. The Balaban J connectivity index is 2.16. The summed E-state index contributed by atoms with van der Waals surface area (Å²) in [6.45, 7) is 5.26. The van der Waals surface area contributed by atoms with Crippen LogP contribution in [0.5, 0.6) is 0 Å². The van der Waals surface area contributed by atoms with Gasteiger partial charge in [0.1, 0.15) is 17.8 Å². The maximum absolute atomic E-state index is 12.8. The van der Waals surface area contributed by atoms with Crippen LogP contribution in [0.3, 0.4) is 0 Å². The highest BCUT2D eigenvalue weighted by molar-refractivity contribution is 5.96. The number of nitrogens with two attached hydrogens (primary N) is 2. The summed E-state index contributed by atoms with van der Waals surface area (Å²) in [5.41, 5.74) is 9.81. The number of oxazole rings is 1. The van der Waals surface area contributed by atoms with Gasteiger partial charge in [-0.1, -0.05) is 38.1 Å². The van der Waals surface area contributed by atoms with E-state index in [1.54, 1.807) is 0 Å². The van der Waals surface area contributed by atoms with Crippen molar-refractivity contribution in [2.24, 2.45) is 22.4 Å². The van der Waals surface area contributed by atoms with Crippen LogP contribution in [0.15, 0.2) is 45.8 Å². The van der Waals surface area contributed by atoms with Gasteiger partial charge in [0.2, 0.25) is 11.8 Å². The first-order valence-electron chi connectivity index (χ1n) is 11.9. The number of guanidine groups is 1. The Hall–Kier alpha value is -4.36. The predicted octanol–water partition coefficient (Wildman–Crippen LogP) is 2.46. The van der Waals surface area contributed by atoms with Crippen molar-refractivity contribution in [3.05, 3.63) is 64.9 Å². The van der Waals surface area contributed by atoms with E-state index in [9.17, 15) is 32.7 Å². The Labute approximate surface area is 222 Å². The summed E-state index contributed by atoms with van der Waals surface area (Å²) < 4.78 is 44.0. The molecule has 0 aliphatic heterocycles. The fraction of sp³-hybridized carbons (Fsp3) is 0.400. The van der Waals surface area contributed by atoms with Gasteiger partial charge in [0.05, 0.1) is 18.5 Å². The van der Waals surface area contributed by atoms with Crippen molar-refractivity contribution in [1.82, 2.24) is 15.6 Å². The number of aryl methyl sites for hydroxylation is 1. The Kier molecular flexibility index (Phi) is 10.6. The molecule has 0 aliphatic carbocycles. The fourth-order valence-corrected chi connectivity index (χ4v) is 3.47. The standard InChI is InChI=1S/C25H31F3N6O5/c1-13(2)11-18(32-19(35)12-15-6-8-16(9-7-15)25(26,27)28)22-34-20(14(3)39-22)21(36)33-17(23(37)38)5-4-10-31-24(29)30/h4-9,13,17-18H,10-12H2,1-3H3,(H,32,35)(H,33,36)(H,37,38)(H4,29,30,31)/b5-4+. The largest absolute Gasteiger partial charge is 0.479 e. The predicted molar refractivity (Wildman–Crippen MR) is 135 cm³/mol. The number of aliphatic carboxylic acids is 1. The number of nitrogens with one attached hydrogen (secondary N) is 2. The van der Waals surface area contributed by atoms with Crippen molar-refractivity contribution in [3.63, 3.8) is 0 Å². The van der Waals surface area contributed by atoms with Crippen LogP contribution in [-0.4, -0.2) is 46.4 Å². The summed E-state index contributed by atoms with van der Waals surface area (Å²) in [7, 11) is 0. The monoisotopic (exact) mass is 552 g/mol. The molecule has 0 aliphatic rings. The zero-order chi connectivity index (χ0) is 29.3. The highest BCUT2D eigenvalue weighted by atomic mass is 19.4. The van der Waals surface area contributed by atoms with Crippen LogP contribution >= 0.6 is 0 Å². The normalized spacial score (nSPS) is 13.2. The number of halogens is 3. The molecule has 39 heavy (non-hydrogen) atoms. The van der Waals surface area contributed by atoms with Crippen LogP contribution in [0.1, 0.15) is 59.6 Å². The van der Waals surface area contributed by atoms with Gasteiger partial charge in [0.15, 0.2) is 11.7 Å². The second kappa shape index (κ2) is 13.4. The van der Waals surface area contributed by atoms with Gasteiger partial charge >= 0.3 is 12.1 Å². The molecule has 11 nitrogen and oxygen atoms in total. The molecule has 0 saturated carbocycles. The fourth-order valence-electron chi connectivity index (χ4n) is 3.47. The topological polar surface area (TPSA) is 186 Å². The number of aliphatic imine (C=N–C) groups is 1. The molecule has 0 radical (unpaired) electrons. The van der Waals surface area contributed by atoms with Crippen molar-refractivity contribution in [1.29, 1.82) is 0 Å². The van der Waals surface area contributed by atoms with Gasteiger partial charge in [0, 0.05) is 0 Å². The molecule has 2 atom stereocenters. The maximum atomic E-state index is 12.8. The molecule has 0 spiro atoms. The number of alkyl halides is 3. The number of carbonyl (C=O) groups is 3. The van der Waals surface area contributed by atoms with E-state index < -0.39 is 41.6 Å². The highest BCUT2D eigenvalue weighted by Crippen LogP contribution is 2.29. The number of rotatable bonds is 12. The number of amides is 2. The summed E-state index contributed by atoms with van der Waals surface area (Å²) in [6, 6.07) is 2.10. The molecular weight excluding hydrogens is 521 g/mol. The molecule has 212 valence electrons. The van der Waals surface area contributed by atoms with Crippen LogP contribution < -0.4 is 22.1 Å². The molecule has 7 N–H and O–H groups in total. The minimum absolute atomic E-state index is 0.0121. The third-order valence-corrected chi connectivity index (χ3v) is 5.28. The number of carboxylic acid groups (broad SMARTS) is 1. The van der Waals surface area contributed by atoms with Gasteiger partial charge in [-0.25, -0.2) is 14.8 Å². The summed E-state index contributed by atoms with van der Waals surface area (Å²) >= 11 is 0. The van der Waals surface area contributed by atoms with Crippen molar-refractivity contribution < 1.29 is 37.1 Å². The molecular formula is C25H31F3N6O5. The molecule has 1 aromatic heterocycles. The third kappa shape index (κ3) is 9.79. The summed E-state index contributed by atoms with van der Waals surface area (Å²) in [5.74, 6) is -2.62. The van der Waals surface area contributed by atoms with E-state index in [1.807, 2.05) is 13.8 Å². The van der Waals surface area contributed by atoms with Gasteiger partial charge in [-0.3, -0.25) is 9.59 Å². The molecule has 2 aromatic rings. The number of carbonyl (C=O) groups excluding carboxylic acids is 2. The van der Waals surface area contributed by atoms with Crippen molar-refractivity contribution in [2.45, 2.75) is 51.9 Å². The lowest BCUT2D eigenvalue weighted by molar-refractivity contribution is -0.138. The molecule has 1 aromatic carbocycles. The van der Waals surface area contributed by atoms with Crippen molar-refractivity contribution in [2.75, 3.05) is 6.54 Å². The lowest BCUT2D eigenvalue weighted by atomic mass is 10.0. The number of hydrogen-bond donors (Lipinski definition) is 5. The van der Waals surface area contributed by atoms with E-state index in [0.29, 0.717) is 12.0 Å². The smallest absolute Gasteiger partial charge is 0.416 e. The average Bonchev–Trinajstić information content (AvgIpc) is 3.21. The van der Waals surface area contributed by atoms with Gasteiger partial charge in [-0.05, 0) is 37.0 Å². The van der Waals surface area contributed by atoms with E-state index >= 15 is 0 Å². The van der Waals surface area contributed by atoms with Gasteiger partial charge < -0.3 is 31.6 Å². The van der Waals surface area contributed by atoms with E-state index in [2.05, 4.69) is 20.6 Å². The molecule has 2 unspecified atom stereocenters. The molecule has 2 rings (SSSR count). The van der Waals surface area contributed by atoms with Crippen LogP contribution in [0.25, 0.3) is 0 Å². The molecule has 0 saturated heterocycles. The summed E-state index contributed by atoms with van der Waals surface area (Å²) in [4.78, 5) is 44.9. The Morgan fingerprint density at radius 1 is 1.15 bits per heavy atom. The van der Waals surface area contributed by atoms with Crippen molar-refractivity contribution >= 4 is 23.7 Å². The molecule has 14 heteroatoms. The van der Waals surface area contributed by atoms with E-state index in [-0.39, 0.29) is 42.2 Å². The van der Waals surface area contributed by atoms with Crippen LogP contribution in [-0.2, 0) is 22.2 Å². The Bertz CT molecular complexity index is 1220. The summed E-state index contributed by atoms with van der Waals surface area (Å²) in [6.07, 6.45) is -1.72. The van der Waals surface area contributed by atoms with Gasteiger partial charge in [-0.15, -0.1) is 0 Å². The van der Waals surface area contributed by atoms with Crippen LogP contribution in [0.4, 0.5) is 13.2 Å². The van der Waals surface area contributed by atoms with Crippen molar-refractivity contribution in [3.8, 4) is 0 Å². The number of benzene rings is 1. The molecule has 0 fully saturated rings. The number of aromatic nitrogens is 1. The average molecular weight is 553 g/mol. The van der Waals surface area contributed by atoms with E-state index in [4.69, 9.17) is 15.9 Å². The highest BCUT2D eigenvalue weighted by Gasteiger charge is 2.30. The number of hydrogen-bond acceptors (Lipinski definition) is 6. The molecule has 1 heterocycles. The molecule has 0 bridgehead atoms. The zero-order valence-corrected chi connectivity index (χ0v) is 21.6. The minimum Gasteiger partial charge on any atom is -0.479 e. The lowest BCUT2D eigenvalue weighted by Crippen LogP contribution is -2.39. The number of carboxylic acids is 1. The van der Waals surface area contributed by atoms with Crippen LogP contribution in [0.2, 0.25) is 0 Å².